The third kappa shape index (κ3) is 3.68. The van der Waals surface area contributed by atoms with Crippen molar-refractivity contribution in [1.29, 1.82) is 0 Å². The average Bonchev–Trinajstić information content (AvgIpc) is 2.40. The largest absolute Gasteiger partial charge is 0.382 e. The van der Waals surface area contributed by atoms with Gasteiger partial charge in [-0.15, -0.1) is 0 Å². The van der Waals surface area contributed by atoms with Crippen LogP contribution in [0.1, 0.15) is 28.8 Å². The zero-order valence-electron chi connectivity index (χ0n) is 11.6. The highest BCUT2D eigenvalue weighted by atomic mass is 16.2. The summed E-state index contributed by atoms with van der Waals surface area (Å²) in [6, 6.07) is 6.23. The number of amides is 1. The molecule has 5 heteroatoms. The van der Waals surface area contributed by atoms with Gasteiger partial charge in [0.15, 0.2) is 0 Å². The highest BCUT2D eigenvalue weighted by Crippen LogP contribution is 2.19. The standard InChI is InChI=1S/C14H22N4O/c1-10-7-11(14(19)17-15)9-13(8-10)16-12-3-5-18(2)6-4-12/h7-9,12,16H,3-6,15H2,1-2H3,(H,17,19). The van der Waals surface area contributed by atoms with Crippen LogP contribution in [0.3, 0.4) is 0 Å². The van der Waals surface area contributed by atoms with Crippen molar-refractivity contribution in [2.24, 2.45) is 5.84 Å². The molecular formula is C14H22N4O. The molecule has 19 heavy (non-hydrogen) atoms. The monoisotopic (exact) mass is 262 g/mol. The van der Waals surface area contributed by atoms with Crippen LogP contribution < -0.4 is 16.6 Å². The number of anilines is 1. The molecule has 0 bridgehead atoms. The number of nitrogens with one attached hydrogen (secondary N) is 2. The molecule has 1 saturated heterocycles. The summed E-state index contributed by atoms with van der Waals surface area (Å²) >= 11 is 0. The highest BCUT2D eigenvalue weighted by Gasteiger charge is 2.16. The number of benzene rings is 1. The van der Waals surface area contributed by atoms with Crippen LogP contribution in [0.4, 0.5) is 5.69 Å². The third-order valence-corrected chi connectivity index (χ3v) is 3.56. The molecular weight excluding hydrogens is 240 g/mol. The van der Waals surface area contributed by atoms with Crippen LogP contribution in [-0.4, -0.2) is 37.0 Å². The van der Waals surface area contributed by atoms with E-state index in [-0.39, 0.29) is 5.91 Å². The Morgan fingerprint density at radius 3 is 2.63 bits per heavy atom. The molecule has 104 valence electrons. The molecule has 0 saturated carbocycles. The van der Waals surface area contributed by atoms with E-state index in [0.717, 1.165) is 37.2 Å². The smallest absolute Gasteiger partial charge is 0.265 e. The van der Waals surface area contributed by atoms with E-state index in [0.29, 0.717) is 11.6 Å². The van der Waals surface area contributed by atoms with Gasteiger partial charge in [-0.25, -0.2) is 5.84 Å². The van der Waals surface area contributed by atoms with Crippen LogP contribution in [0.5, 0.6) is 0 Å². The number of aryl methyl sites for hydroxylation is 1. The molecule has 5 nitrogen and oxygen atoms in total. The van der Waals surface area contributed by atoms with E-state index in [1.165, 1.54) is 0 Å². The van der Waals surface area contributed by atoms with Gasteiger partial charge in [0.05, 0.1) is 0 Å². The summed E-state index contributed by atoms with van der Waals surface area (Å²) in [7, 11) is 2.15. The van der Waals surface area contributed by atoms with Gasteiger partial charge in [0.2, 0.25) is 0 Å². The molecule has 1 aliphatic heterocycles. The summed E-state index contributed by atoms with van der Waals surface area (Å²) in [6.45, 7) is 4.20. The van der Waals surface area contributed by atoms with Crippen LogP contribution in [0, 0.1) is 6.92 Å². The van der Waals surface area contributed by atoms with Crippen LogP contribution in [-0.2, 0) is 0 Å². The molecule has 0 aromatic heterocycles. The van der Waals surface area contributed by atoms with E-state index in [1.807, 2.05) is 19.1 Å². The molecule has 0 spiro atoms. The second kappa shape index (κ2) is 6.04. The molecule has 1 amide bonds. The second-order valence-corrected chi connectivity index (χ2v) is 5.28. The van der Waals surface area contributed by atoms with Crippen molar-refractivity contribution in [3.8, 4) is 0 Å². The molecule has 1 aromatic rings. The number of nitrogens with zero attached hydrogens (tertiary/aromatic N) is 1. The molecule has 0 radical (unpaired) electrons. The van der Waals surface area contributed by atoms with Crippen molar-refractivity contribution < 1.29 is 4.79 Å². The fourth-order valence-corrected chi connectivity index (χ4v) is 2.47. The SMILES string of the molecule is Cc1cc(NC2CCN(C)CC2)cc(C(=O)NN)c1. The van der Waals surface area contributed by atoms with Crippen molar-refractivity contribution in [3.05, 3.63) is 29.3 Å². The molecule has 0 aliphatic carbocycles. The number of hydrazine groups is 1. The molecule has 1 aromatic carbocycles. The average molecular weight is 262 g/mol. The summed E-state index contributed by atoms with van der Waals surface area (Å²) in [6.07, 6.45) is 2.26. The Bertz CT molecular complexity index is 453. The highest BCUT2D eigenvalue weighted by molar-refractivity contribution is 5.94. The van der Waals surface area contributed by atoms with Gasteiger partial charge in [-0.05, 0) is 63.7 Å². The molecule has 2 rings (SSSR count). The lowest BCUT2D eigenvalue weighted by Crippen LogP contribution is -2.36. The maximum Gasteiger partial charge on any atom is 0.265 e. The summed E-state index contributed by atoms with van der Waals surface area (Å²) in [5, 5.41) is 3.51. The van der Waals surface area contributed by atoms with E-state index < -0.39 is 0 Å². The van der Waals surface area contributed by atoms with Crippen LogP contribution >= 0.6 is 0 Å². The Kier molecular flexibility index (Phi) is 4.39. The Labute approximate surface area is 114 Å². The van der Waals surface area contributed by atoms with E-state index in [4.69, 9.17) is 5.84 Å². The zero-order chi connectivity index (χ0) is 13.8. The first kappa shape index (κ1) is 13.8. The number of likely N-dealkylation sites (tertiary alicyclic amines) is 1. The first-order chi connectivity index (χ1) is 9.08. The molecule has 0 atom stereocenters. The topological polar surface area (TPSA) is 70.4 Å². The van der Waals surface area contributed by atoms with Crippen LogP contribution in [0.2, 0.25) is 0 Å². The van der Waals surface area contributed by atoms with Gasteiger partial charge in [-0.3, -0.25) is 10.2 Å². The predicted octanol–water partition coefficient (Wildman–Crippen LogP) is 1.10. The Hall–Kier alpha value is -1.59. The Morgan fingerprint density at radius 2 is 2.00 bits per heavy atom. The zero-order valence-corrected chi connectivity index (χ0v) is 11.6. The fraction of sp³-hybridized carbons (Fsp3) is 0.500. The summed E-state index contributed by atoms with van der Waals surface area (Å²) in [4.78, 5) is 13.9. The van der Waals surface area contributed by atoms with Gasteiger partial charge in [-0.2, -0.15) is 0 Å². The molecule has 0 unspecified atom stereocenters. The lowest BCUT2D eigenvalue weighted by atomic mass is 10.0. The van der Waals surface area contributed by atoms with Crippen molar-refractivity contribution in [3.63, 3.8) is 0 Å². The predicted molar refractivity (Wildman–Crippen MR) is 77.0 cm³/mol. The minimum atomic E-state index is -0.255. The van der Waals surface area contributed by atoms with Crippen LogP contribution in [0.15, 0.2) is 18.2 Å². The number of carbonyl (C=O) groups excluding carboxylic acids is 1. The number of hydrogen-bond donors (Lipinski definition) is 3. The van der Waals surface area contributed by atoms with Gasteiger partial charge in [0.1, 0.15) is 0 Å². The van der Waals surface area contributed by atoms with Crippen molar-refractivity contribution in [2.75, 3.05) is 25.5 Å². The normalized spacial score (nSPS) is 17.2. The lowest BCUT2D eigenvalue weighted by molar-refractivity contribution is 0.0953. The number of rotatable bonds is 3. The molecule has 1 heterocycles. The van der Waals surface area contributed by atoms with Crippen LogP contribution in [0.25, 0.3) is 0 Å². The van der Waals surface area contributed by atoms with E-state index in [2.05, 4.69) is 28.8 Å². The van der Waals surface area contributed by atoms with E-state index >= 15 is 0 Å². The lowest BCUT2D eigenvalue weighted by Gasteiger charge is -2.30. The minimum absolute atomic E-state index is 0.255. The molecule has 1 fully saturated rings. The van der Waals surface area contributed by atoms with Crippen molar-refractivity contribution in [2.45, 2.75) is 25.8 Å². The van der Waals surface area contributed by atoms with Gasteiger partial charge in [0.25, 0.3) is 5.91 Å². The molecule has 4 N–H and O–H groups in total. The molecule has 1 aliphatic rings. The number of carbonyl (C=O) groups is 1. The number of hydrogen-bond acceptors (Lipinski definition) is 4. The number of nitrogens with two attached hydrogens (primary N) is 1. The van der Waals surface area contributed by atoms with Crippen molar-refractivity contribution >= 4 is 11.6 Å². The van der Waals surface area contributed by atoms with Crippen molar-refractivity contribution in [1.82, 2.24) is 10.3 Å². The second-order valence-electron chi connectivity index (χ2n) is 5.28. The quantitative estimate of drug-likeness (QED) is 0.433. The summed E-state index contributed by atoms with van der Waals surface area (Å²) in [5.41, 5.74) is 4.81. The van der Waals surface area contributed by atoms with E-state index in [9.17, 15) is 4.79 Å². The summed E-state index contributed by atoms with van der Waals surface area (Å²) in [5.74, 6) is 4.92. The van der Waals surface area contributed by atoms with Gasteiger partial charge in [0, 0.05) is 17.3 Å². The van der Waals surface area contributed by atoms with Gasteiger partial charge < -0.3 is 10.2 Å². The maximum atomic E-state index is 11.6. The number of nitrogen functional groups attached to an aromatic ring is 1. The Balaban J connectivity index is 2.07. The van der Waals surface area contributed by atoms with E-state index in [1.54, 1.807) is 0 Å². The number of piperidine rings is 1. The van der Waals surface area contributed by atoms with Gasteiger partial charge in [-0.1, -0.05) is 0 Å². The maximum absolute atomic E-state index is 11.6. The summed E-state index contributed by atoms with van der Waals surface area (Å²) < 4.78 is 0. The third-order valence-electron chi connectivity index (χ3n) is 3.56. The Morgan fingerprint density at radius 1 is 1.32 bits per heavy atom. The minimum Gasteiger partial charge on any atom is -0.382 e. The van der Waals surface area contributed by atoms with Gasteiger partial charge >= 0.3 is 0 Å². The first-order valence-corrected chi connectivity index (χ1v) is 6.66. The first-order valence-electron chi connectivity index (χ1n) is 6.66. The fourth-order valence-electron chi connectivity index (χ4n) is 2.47.